The summed E-state index contributed by atoms with van der Waals surface area (Å²) >= 11 is 0. The van der Waals surface area contributed by atoms with Crippen molar-refractivity contribution in [2.24, 2.45) is 4.99 Å². The number of aliphatic imine (C=N–C) groups is 1. The number of nitrogens with zero attached hydrogens (tertiary/aromatic N) is 1. The van der Waals surface area contributed by atoms with Crippen LogP contribution in [-0.2, 0) is 0 Å². The minimum atomic E-state index is 0.834. The van der Waals surface area contributed by atoms with E-state index in [-0.39, 0.29) is 0 Å². The first kappa shape index (κ1) is 11.4. The molecule has 0 aliphatic rings. The quantitative estimate of drug-likeness (QED) is 0.541. The fourth-order valence-electron chi connectivity index (χ4n) is 0.835. The van der Waals surface area contributed by atoms with Crippen molar-refractivity contribution >= 4 is 12.4 Å². The van der Waals surface area contributed by atoms with Crippen LogP contribution in [0.15, 0.2) is 42.2 Å². The second-order valence-corrected chi connectivity index (χ2v) is 2.05. The molecule has 0 atom stereocenters. The molecule has 0 fully saturated rings. The van der Waals surface area contributed by atoms with Crippen LogP contribution >= 0.6 is 0 Å². The van der Waals surface area contributed by atoms with E-state index in [4.69, 9.17) is 0 Å². The number of aromatic nitrogens is 1. The zero-order valence-electron chi connectivity index (χ0n) is 8.25. The van der Waals surface area contributed by atoms with Crippen LogP contribution in [0.2, 0.25) is 0 Å². The molecule has 0 aliphatic heterocycles. The summed E-state index contributed by atoms with van der Waals surface area (Å²) in [6.45, 7) is 11.0. The zero-order valence-corrected chi connectivity index (χ0v) is 8.25. The lowest BCUT2D eigenvalue weighted by atomic mass is 10.2. The van der Waals surface area contributed by atoms with Gasteiger partial charge in [0.1, 0.15) is 0 Å². The molecular weight excluding hydrogens is 160 g/mol. The molecule has 0 saturated heterocycles. The average molecular weight is 176 g/mol. The van der Waals surface area contributed by atoms with E-state index in [1.807, 2.05) is 38.4 Å². The smallest absolute Gasteiger partial charge is 0.0709 e. The Kier molecular flexibility index (Phi) is 6.24. The van der Waals surface area contributed by atoms with E-state index in [9.17, 15) is 0 Å². The molecule has 1 aromatic heterocycles. The lowest BCUT2D eigenvalue weighted by Crippen LogP contribution is -1.73. The molecule has 0 aromatic carbocycles. The molecule has 0 aliphatic carbocycles. The molecule has 0 saturated carbocycles. The minimum Gasteiger partial charge on any atom is -0.367 e. The zero-order chi connectivity index (χ0) is 10.1. The van der Waals surface area contributed by atoms with Gasteiger partial charge in [0.05, 0.1) is 5.70 Å². The van der Waals surface area contributed by atoms with Gasteiger partial charge in [-0.3, -0.25) is 4.99 Å². The molecule has 2 heteroatoms. The van der Waals surface area contributed by atoms with Gasteiger partial charge in [-0.2, -0.15) is 0 Å². The summed E-state index contributed by atoms with van der Waals surface area (Å²) in [5.41, 5.74) is 1.86. The fraction of sp³-hybridized carbons (Fsp3) is 0.182. The van der Waals surface area contributed by atoms with Crippen LogP contribution in [0.3, 0.4) is 0 Å². The Balaban J connectivity index is 0.000000671. The van der Waals surface area contributed by atoms with Crippen LogP contribution in [0, 0.1) is 0 Å². The molecule has 1 rings (SSSR count). The molecular formula is C11H16N2. The van der Waals surface area contributed by atoms with Gasteiger partial charge in [0.25, 0.3) is 0 Å². The highest BCUT2D eigenvalue weighted by atomic mass is 14.7. The summed E-state index contributed by atoms with van der Waals surface area (Å²) in [6, 6.07) is 1.93. The molecule has 0 amide bonds. The number of nitrogens with one attached hydrogen (secondary N) is 1. The number of rotatable bonds is 3. The largest absolute Gasteiger partial charge is 0.367 e. The van der Waals surface area contributed by atoms with E-state index in [0.29, 0.717) is 0 Å². The second kappa shape index (κ2) is 7.10. The highest BCUT2D eigenvalue weighted by molar-refractivity contribution is 5.68. The first-order valence-electron chi connectivity index (χ1n) is 4.31. The minimum absolute atomic E-state index is 0.834. The standard InChI is InChI=1S/C9H10N2.C2H6/c1-3-4-9(10-2)8-5-6-11-7-8;1-2/h3-7,11H,1-2H2;1-2H3/b9-4-;. The van der Waals surface area contributed by atoms with Gasteiger partial charge in [-0.1, -0.05) is 26.5 Å². The van der Waals surface area contributed by atoms with Gasteiger partial charge in [0, 0.05) is 18.0 Å². The monoisotopic (exact) mass is 176 g/mol. The number of aromatic amines is 1. The van der Waals surface area contributed by atoms with Crippen LogP contribution in [-0.4, -0.2) is 11.7 Å². The van der Waals surface area contributed by atoms with Crippen molar-refractivity contribution in [2.75, 3.05) is 0 Å². The first-order chi connectivity index (χ1) is 6.38. The van der Waals surface area contributed by atoms with Gasteiger partial charge in [-0.25, -0.2) is 0 Å². The lowest BCUT2D eigenvalue weighted by molar-refractivity contribution is 1.40. The Hall–Kier alpha value is -1.57. The number of hydrogen-bond acceptors (Lipinski definition) is 1. The molecule has 2 nitrogen and oxygen atoms in total. The van der Waals surface area contributed by atoms with E-state index in [1.54, 1.807) is 6.08 Å². The predicted molar refractivity (Wildman–Crippen MR) is 59.9 cm³/mol. The molecule has 0 radical (unpaired) electrons. The van der Waals surface area contributed by atoms with Crippen molar-refractivity contribution in [2.45, 2.75) is 13.8 Å². The van der Waals surface area contributed by atoms with Gasteiger partial charge in [0.2, 0.25) is 0 Å². The second-order valence-electron chi connectivity index (χ2n) is 2.05. The summed E-state index contributed by atoms with van der Waals surface area (Å²) < 4.78 is 0. The van der Waals surface area contributed by atoms with Crippen molar-refractivity contribution in [3.05, 3.63) is 42.8 Å². The third-order valence-electron chi connectivity index (χ3n) is 1.34. The maximum absolute atomic E-state index is 3.84. The van der Waals surface area contributed by atoms with E-state index >= 15 is 0 Å². The summed E-state index contributed by atoms with van der Waals surface area (Å²) in [4.78, 5) is 6.78. The summed E-state index contributed by atoms with van der Waals surface area (Å²) in [6.07, 6.45) is 7.22. The van der Waals surface area contributed by atoms with Crippen molar-refractivity contribution in [1.82, 2.24) is 4.98 Å². The van der Waals surface area contributed by atoms with Gasteiger partial charge in [-0.05, 0) is 18.9 Å². The number of H-pyrrole nitrogens is 1. The van der Waals surface area contributed by atoms with Crippen LogP contribution in [0.1, 0.15) is 19.4 Å². The number of allylic oxidation sites excluding steroid dienone is 2. The lowest BCUT2D eigenvalue weighted by Gasteiger charge is -1.92. The molecule has 13 heavy (non-hydrogen) atoms. The highest BCUT2D eigenvalue weighted by Gasteiger charge is 1.95. The van der Waals surface area contributed by atoms with Crippen molar-refractivity contribution < 1.29 is 0 Å². The van der Waals surface area contributed by atoms with E-state index in [0.717, 1.165) is 11.3 Å². The summed E-state index contributed by atoms with van der Waals surface area (Å²) in [5.74, 6) is 0. The third kappa shape index (κ3) is 3.56. The van der Waals surface area contributed by atoms with Crippen LogP contribution in [0.25, 0.3) is 5.70 Å². The Bertz CT molecular complexity index is 268. The molecule has 1 aromatic rings. The van der Waals surface area contributed by atoms with E-state index in [2.05, 4.69) is 23.3 Å². The van der Waals surface area contributed by atoms with Crippen molar-refractivity contribution in [3.63, 3.8) is 0 Å². The molecule has 0 bridgehead atoms. The van der Waals surface area contributed by atoms with Gasteiger partial charge >= 0.3 is 0 Å². The highest BCUT2D eigenvalue weighted by Crippen LogP contribution is 2.13. The topological polar surface area (TPSA) is 28.1 Å². The van der Waals surface area contributed by atoms with E-state index < -0.39 is 0 Å². The third-order valence-corrected chi connectivity index (χ3v) is 1.34. The van der Waals surface area contributed by atoms with Gasteiger partial charge < -0.3 is 4.98 Å². The molecule has 1 heterocycles. The van der Waals surface area contributed by atoms with Crippen LogP contribution < -0.4 is 0 Å². The Morgan fingerprint density at radius 2 is 2.23 bits per heavy atom. The maximum atomic E-state index is 3.84. The van der Waals surface area contributed by atoms with Gasteiger partial charge in [-0.15, -0.1) is 0 Å². The molecule has 1 N–H and O–H groups in total. The van der Waals surface area contributed by atoms with Crippen molar-refractivity contribution in [3.8, 4) is 0 Å². The summed E-state index contributed by atoms with van der Waals surface area (Å²) in [5, 5.41) is 0. The molecule has 0 spiro atoms. The first-order valence-corrected chi connectivity index (χ1v) is 4.31. The average Bonchev–Trinajstić information content (AvgIpc) is 2.70. The summed E-state index contributed by atoms with van der Waals surface area (Å²) in [7, 11) is 0. The fourth-order valence-corrected chi connectivity index (χ4v) is 0.835. The van der Waals surface area contributed by atoms with Crippen molar-refractivity contribution in [1.29, 1.82) is 0 Å². The molecule has 0 unspecified atom stereocenters. The van der Waals surface area contributed by atoms with Gasteiger partial charge in [0.15, 0.2) is 0 Å². The van der Waals surface area contributed by atoms with Crippen LogP contribution in [0.5, 0.6) is 0 Å². The van der Waals surface area contributed by atoms with Crippen LogP contribution in [0.4, 0.5) is 0 Å². The number of hydrogen-bond donors (Lipinski definition) is 1. The maximum Gasteiger partial charge on any atom is 0.0709 e. The molecule has 70 valence electrons. The Morgan fingerprint density at radius 1 is 1.54 bits per heavy atom. The Morgan fingerprint density at radius 3 is 2.62 bits per heavy atom. The Labute approximate surface area is 79.7 Å². The predicted octanol–water partition coefficient (Wildman–Crippen LogP) is 3.27. The SMILES string of the molecule is C=C/C=C(\N=C)c1cc[nH]c1.CC. The van der Waals surface area contributed by atoms with E-state index in [1.165, 1.54) is 0 Å². The normalized spacial score (nSPS) is 9.85.